The third kappa shape index (κ3) is 4.41. The summed E-state index contributed by atoms with van der Waals surface area (Å²) < 4.78 is 5.82. The van der Waals surface area contributed by atoms with Crippen LogP contribution in [0.1, 0.15) is 52.4 Å². The van der Waals surface area contributed by atoms with Gasteiger partial charge in [0.05, 0.1) is 6.04 Å². The highest BCUT2D eigenvalue weighted by Crippen LogP contribution is 2.22. The first-order valence-corrected chi connectivity index (χ1v) is 9.15. The molecule has 3 nitrogen and oxygen atoms in total. The Hall–Kier alpha value is -2.29. The van der Waals surface area contributed by atoms with Crippen LogP contribution in [0.5, 0.6) is 5.75 Å². The van der Waals surface area contributed by atoms with Crippen LogP contribution in [0.15, 0.2) is 36.4 Å². The van der Waals surface area contributed by atoms with Gasteiger partial charge in [0, 0.05) is 5.56 Å². The lowest BCUT2D eigenvalue weighted by atomic mass is 9.90. The second-order valence-corrected chi connectivity index (χ2v) is 7.12. The summed E-state index contributed by atoms with van der Waals surface area (Å²) >= 11 is 0. The summed E-state index contributed by atoms with van der Waals surface area (Å²) in [5.74, 6) is 0.822. The van der Waals surface area contributed by atoms with Gasteiger partial charge in [0.15, 0.2) is 0 Å². The van der Waals surface area contributed by atoms with Crippen LogP contribution in [-0.4, -0.2) is 18.6 Å². The van der Waals surface area contributed by atoms with Gasteiger partial charge in [-0.15, -0.1) is 0 Å². The van der Waals surface area contributed by atoms with E-state index in [0.717, 1.165) is 24.2 Å². The van der Waals surface area contributed by atoms with Crippen molar-refractivity contribution in [3.8, 4) is 5.75 Å². The van der Waals surface area contributed by atoms with Crippen LogP contribution < -0.4 is 10.1 Å². The maximum Gasteiger partial charge on any atom is 0.251 e. The van der Waals surface area contributed by atoms with E-state index in [2.05, 4.69) is 37.4 Å². The monoisotopic (exact) mass is 337 g/mol. The van der Waals surface area contributed by atoms with Gasteiger partial charge in [-0.3, -0.25) is 4.79 Å². The normalized spacial score (nSPS) is 14.5. The average Bonchev–Trinajstić information content (AvgIpc) is 2.62. The maximum atomic E-state index is 12.5. The summed E-state index contributed by atoms with van der Waals surface area (Å²) in [5, 5.41) is 3.04. The first kappa shape index (κ1) is 17.5. The molecule has 0 spiro atoms. The molecule has 0 unspecified atom stereocenters. The van der Waals surface area contributed by atoms with Crippen molar-refractivity contribution in [2.75, 3.05) is 6.61 Å². The largest absolute Gasteiger partial charge is 0.491 e. The van der Waals surface area contributed by atoms with Crippen LogP contribution in [0.4, 0.5) is 0 Å². The molecule has 1 atom stereocenters. The van der Waals surface area contributed by atoms with Gasteiger partial charge in [0.2, 0.25) is 0 Å². The van der Waals surface area contributed by atoms with E-state index in [9.17, 15) is 4.79 Å². The molecule has 2 aromatic carbocycles. The van der Waals surface area contributed by atoms with Crippen molar-refractivity contribution in [2.45, 2.75) is 52.5 Å². The van der Waals surface area contributed by atoms with E-state index in [4.69, 9.17) is 4.74 Å². The number of hydrogen-bond acceptors (Lipinski definition) is 2. The van der Waals surface area contributed by atoms with Crippen LogP contribution >= 0.6 is 0 Å². The molecule has 1 aliphatic carbocycles. The molecule has 1 N–H and O–H groups in total. The summed E-state index contributed by atoms with van der Waals surface area (Å²) in [6.07, 6.45) is 4.70. The first-order chi connectivity index (χ1) is 12.0. The number of carbonyl (C=O) groups excluding carboxylic acids is 1. The van der Waals surface area contributed by atoms with Gasteiger partial charge in [-0.2, -0.15) is 0 Å². The van der Waals surface area contributed by atoms with E-state index in [1.165, 1.54) is 35.1 Å². The number of ether oxygens (including phenoxy) is 1. The minimum atomic E-state index is -0.0508. The van der Waals surface area contributed by atoms with E-state index in [0.29, 0.717) is 6.61 Å². The first-order valence-electron chi connectivity index (χ1n) is 9.15. The number of amides is 1. The fourth-order valence-corrected chi connectivity index (χ4v) is 3.25. The van der Waals surface area contributed by atoms with Crippen LogP contribution in [0.25, 0.3) is 0 Å². The van der Waals surface area contributed by atoms with Gasteiger partial charge in [0.1, 0.15) is 12.4 Å². The molecule has 3 heteroatoms. The van der Waals surface area contributed by atoms with Crippen LogP contribution in [0.3, 0.4) is 0 Å². The Labute approximate surface area is 150 Å². The summed E-state index contributed by atoms with van der Waals surface area (Å²) in [6, 6.07) is 12.1. The maximum absolute atomic E-state index is 12.5. The number of hydrogen-bond donors (Lipinski definition) is 1. The Kier molecular flexibility index (Phi) is 5.42. The lowest BCUT2D eigenvalue weighted by molar-refractivity contribution is 0.0926. The zero-order valence-corrected chi connectivity index (χ0v) is 15.4. The number of aryl methyl sites for hydroxylation is 4. The minimum absolute atomic E-state index is 0.0236. The molecule has 3 rings (SSSR count). The highest BCUT2D eigenvalue weighted by molar-refractivity contribution is 5.94. The van der Waals surface area contributed by atoms with Crippen molar-refractivity contribution in [2.24, 2.45) is 0 Å². The van der Waals surface area contributed by atoms with Crippen molar-refractivity contribution in [1.82, 2.24) is 5.32 Å². The van der Waals surface area contributed by atoms with Crippen molar-refractivity contribution >= 4 is 5.91 Å². The molecule has 1 aliphatic rings. The number of benzene rings is 2. The van der Waals surface area contributed by atoms with E-state index in [1.54, 1.807) is 0 Å². The molecule has 0 saturated heterocycles. The fourth-order valence-electron chi connectivity index (χ4n) is 3.25. The Morgan fingerprint density at radius 2 is 1.80 bits per heavy atom. The second kappa shape index (κ2) is 7.73. The van der Waals surface area contributed by atoms with Crippen molar-refractivity contribution < 1.29 is 9.53 Å². The number of rotatable bonds is 5. The van der Waals surface area contributed by atoms with E-state index in [-0.39, 0.29) is 11.9 Å². The zero-order chi connectivity index (χ0) is 17.8. The summed E-state index contributed by atoms with van der Waals surface area (Å²) in [7, 11) is 0. The molecule has 0 aromatic heterocycles. The number of fused-ring (bicyclic) bond motifs is 1. The van der Waals surface area contributed by atoms with Crippen LogP contribution in [-0.2, 0) is 12.8 Å². The molecule has 0 fully saturated rings. The van der Waals surface area contributed by atoms with Crippen LogP contribution in [0, 0.1) is 13.8 Å². The van der Waals surface area contributed by atoms with Crippen molar-refractivity contribution in [3.05, 3.63) is 64.2 Å². The van der Waals surface area contributed by atoms with Crippen molar-refractivity contribution in [3.63, 3.8) is 0 Å². The fraction of sp³-hybridized carbons (Fsp3) is 0.409. The SMILES string of the molecule is Cc1ccc(OC[C@H](C)NC(=O)c2ccc3c(c2)CCCC3)cc1C. The predicted molar refractivity (Wildman–Crippen MR) is 101 cm³/mol. The molecule has 25 heavy (non-hydrogen) atoms. The topological polar surface area (TPSA) is 38.3 Å². The third-order valence-electron chi connectivity index (χ3n) is 4.97. The summed E-state index contributed by atoms with van der Waals surface area (Å²) in [5.41, 5.74) is 5.94. The van der Waals surface area contributed by atoms with Gasteiger partial charge in [-0.25, -0.2) is 0 Å². The predicted octanol–water partition coefficient (Wildman–Crippen LogP) is 4.38. The lowest BCUT2D eigenvalue weighted by Crippen LogP contribution is -2.36. The standard InChI is InChI=1S/C22H27NO2/c1-15-8-11-21(12-16(15)2)25-14-17(3)23-22(24)20-10-9-18-6-4-5-7-19(18)13-20/h8-13,17H,4-7,14H2,1-3H3,(H,23,24)/t17-/m0/s1. The molecule has 132 valence electrons. The van der Waals surface area contributed by atoms with Crippen LogP contribution in [0.2, 0.25) is 0 Å². The van der Waals surface area contributed by atoms with E-state index >= 15 is 0 Å². The zero-order valence-electron chi connectivity index (χ0n) is 15.4. The van der Waals surface area contributed by atoms with Gasteiger partial charge in [-0.1, -0.05) is 12.1 Å². The molecular weight excluding hydrogens is 310 g/mol. The molecule has 1 amide bonds. The Bertz CT molecular complexity index is 767. The van der Waals surface area contributed by atoms with E-state index in [1.807, 2.05) is 25.1 Å². The van der Waals surface area contributed by atoms with Crippen molar-refractivity contribution in [1.29, 1.82) is 0 Å². The molecular formula is C22H27NO2. The molecule has 0 heterocycles. The average molecular weight is 337 g/mol. The van der Waals surface area contributed by atoms with Gasteiger partial charge < -0.3 is 10.1 Å². The second-order valence-electron chi connectivity index (χ2n) is 7.12. The lowest BCUT2D eigenvalue weighted by Gasteiger charge is -2.18. The summed E-state index contributed by atoms with van der Waals surface area (Å²) in [6.45, 7) is 6.58. The summed E-state index contributed by atoms with van der Waals surface area (Å²) in [4.78, 5) is 12.5. The highest BCUT2D eigenvalue weighted by Gasteiger charge is 2.14. The third-order valence-corrected chi connectivity index (χ3v) is 4.97. The van der Waals surface area contributed by atoms with Gasteiger partial charge >= 0.3 is 0 Å². The number of nitrogens with one attached hydrogen (secondary N) is 1. The molecule has 0 aliphatic heterocycles. The van der Waals surface area contributed by atoms with Gasteiger partial charge in [-0.05, 0) is 93.0 Å². The molecule has 0 radical (unpaired) electrons. The molecule has 2 aromatic rings. The highest BCUT2D eigenvalue weighted by atomic mass is 16.5. The molecule has 0 saturated carbocycles. The van der Waals surface area contributed by atoms with E-state index < -0.39 is 0 Å². The molecule has 0 bridgehead atoms. The van der Waals surface area contributed by atoms with Gasteiger partial charge in [0.25, 0.3) is 5.91 Å². The Morgan fingerprint density at radius 3 is 2.56 bits per heavy atom. The quantitative estimate of drug-likeness (QED) is 0.879. The smallest absolute Gasteiger partial charge is 0.251 e. The Morgan fingerprint density at radius 1 is 1.04 bits per heavy atom. The Balaban J connectivity index is 1.56. The minimum Gasteiger partial charge on any atom is -0.491 e. The number of carbonyl (C=O) groups is 1.